The number of nitrogens with one attached hydrogen (secondary N) is 1. The van der Waals surface area contributed by atoms with Gasteiger partial charge < -0.3 is 10.2 Å². The van der Waals surface area contributed by atoms with Crippen LogP contribution in [-0.4, -0.2) is 35.6 Å². The van der Waals surface area contributed by atoms with Crippen molar-refractivity contribution in [2.45, 2.75) is 27.2 Å². The predicted molar refractivity (Wildman–Crippen MR) is 127 cm³/mol. The normalized spacial score (nSPS) is 13.5. The molecular weight excluding hydrogens is 410 g/mol. The van der Waals surface area contributed by atoms with Gasteiger partial charge in [0.15, 0.2) is 5.82 Å². The first-order valence-corrected chi connectivity index (χ1v) is 10.9. The van der Waals surface area contributed by atoms with E-state index in [9.17, 15) is 4.79 Å². The Labute approximate surface area is 187 Å². The molecule has 31 heavy (non-hydrogen) atoms. The van der Waals surface area contributed by atoms with Crippen LogP contribution in [0.4, 0.5) is 22.0 Å². The highest BCUT2D eigenvalue weighted by Crippen LogP contribution is 2.34. The molecule has 4 rings (SSSR count). The number of carbonyl (C=O) groups is 1. The van der Waals surface area contributed by atoms with Crippen LogP contribution in [0.25, 0.3) is 11.3 Å². The van der Waals surface area contributed by atoms with Gasteiger partial charge in [-0.3, -0.25) is 9.88 Å². The molecule has 1 aromatic carbocycles. The zero-order valence-corrected chi connectivity index (χ0v) is 18.8. The summed E-state index contributed by atoms with van der Waals surface area (Å²) >= 11 is 6.19. The van der Waals surface area contributed by atoms with Gasteiger partial charge in [-0.05, 0) is 63.6 Å². The summed E-state index contributed by atoms with van der Waals surface area (Å²) in [5.74, 6) is 0.664. The van der Waals surface area contributed by atoms with Crippen molar-refractivity contribution in [1.82, 2.24) is 9.97 Å². The minimum atomic E-state index is -0.194. The Hall–Kier alpha value is -3.12. The SMILES string of the molecule is CCN1CCCN(C(=O)Nc2cc(C)nc(C)c2)c2nc(-c3cccc(Cl)c3)ccc21. The number of aromatic nitrogens is 2. The first kappa shape index (κ1) is 21.1. The van der Waals surface area contributed by atoms with Gasteiger partial charge in [-0.15, -0.1) is 0 Å². The summed E-state index contributed by atoms with van der Waals surface area (Å²) < 4.78 is 0. The number of nitrogens with zero attached hydrogens (tertiary/aromatic N) is 4. The summed E-state index contributed by atoms with van der Waals surface area (Å²) in [6, 6.07) is 15.2. The topological polar surface area (TPSA) is 61.4 Å². The van der Waals surface area contributed by atoms with Crippen LogP contribution in [-0.2, 0) is 0 Å². The van der Waals surface area contributed by atoms with Gasteiger partial charge in [0, 0.05) is 47.3 Å². The van der Waals surface area contributed by atoms with Crippen LogP contribution in [0.2, 0.25) is 5.02 Å². The number of hydrogen-bond acceptors (Lipinski definition) is 4. The Balaban J connectivity index is 1.73. The summed E-state index contributed by atoms with van der Waals surface area (Å²) in [5, 5.41) is 3.69. The van der Waals surface area contributed by atoms with Gasteiger partial charge in [0.1, 0.15) is 0 Å². The second-order valence-electron chi connectivity index (χ2n) is 7.70. The molecular formula is C24H26ClN5O. The average molecular weight is 436 g/mol. The van der Waals surface area contributed by atoms with Crippen LogP contribution in [0.5, 0.6) is 0 Å². The molecule has 0 saturated heterocycles. The van der Waals surface area contributed by atoms with Gasteiger partial charge in [0.05, 0.1) is 11.4 Å². The van der Waals surface area contributed by atoms with E-state index in [1.54, 1.807) is 4.90 Å². The average Bonchev–Trinajstić information content (AvgIpc) is 2.91. The van der Waals surface area contributed by atoms with E-state index < -0.39 is 0 Å². The summed E-state index contributed by atoms with van der Waals surface area (Å²) in [7, 11) is 0. The molecule has 2 amide bonds. The maximum atomic E-state index is 13.3. The summed E-state index contributed by atoms with van der Waals surface area (Å²) in [5.41, 5.74) is 5.13. The smallest absolute Gasteiger partial charge is 0.327 e. The predicted octanol–water partition coefficient (Wildman–Crippen LogP) is 5.68. The van der Waals surface area contributed by atoms with Crippen LogP contribution in [0, 0.1) is 13.8 Å². The van der Waals surface area contributed by atoms with E-state index in [0.29, 0.717) is 17.4 Å². The second-order valence-corrected chi connectivity index (χ2v) is 8.14. The van der Waals surface area contributed by atoms with E-state index in [4.69, 9.17) is 16.6 Å². The summed E-state index contributed by atoms with van der Waals surface area (Å²) in [4.78, 5) is 26.6. The molecule has 2 aromatic heterocycles. The van der Waals surface area contributed by atoms with Gasteiger partial charge in [-0.1, -0.05) is 23.7 Å². The van der Waals surface area contributed by atoms with E-state index in [-0.39, 0.29) is 6.03 Å². The molecule has 0 spiro atoms. The van der Waals surface area contributed by atoms with E-state index in [1.807, 2.05) is 56.3 Å². The van der Waals surface area contributed by atoms with Crippen molar-refractivity contribution in [3.05, 3.63) is 64.9 Å². The number of urea groups is 1. The lowest BCUT2D eigenvalue weighted by molar-refractivity contribution is 0.257. The number of amides is 2. The molecule has 160 valence electrons. The van der Waals surface area contributed by atoms with Crippen molar-refractivity contribution in [1.29, 1.82) is 0 Å². The first-order valence-electron chi connectivity index (χ1n) is 10.5. The molecule has 0 fully saturated rings. The van der Waals surface area contributed by atoms with Crippen LogP contribution < -0.4 is 15.1 Å². The Morgan fingerprint density at radius 2 is 1.84 bits per heavy atom. The van der Waals surface area contributed by atoms with Crippen LogP contribution in [0.15, 0.2) is 48.5 Å². The van der Waals surface area contributed by atoms with Gasteiger partial charge in [0.25, 0.3) is 0 Å². The molecule has 0 bridgehead atoms. The van der Waals surface area contributed by atoms with Crippen LogP contribution in [0.1, 0.15) is 24.7 Å². The standard InChI is InChI=1S/C24H26ClN5O/c1-4-29-11-6-12-30(24(31)27-20-13-16(2)26-17(3)14-20)23-22(29)10-9-21(28-23)18-7-5-8-19(25)15-18/h5,7-10,13-15H,4,6,11-12H2,1-3H3,(H,26,27,31). The zero-order valence-electron chi connectivity index (χ0n) is 18.0. The van der Waals surface area contributed by atoms with Gasteiger partial charge >= 0.3 is 6.03 Å². The fourth-order valence-corrected chi connectivity index (χ4v) is 4.16. The van der Waals surface area contributed by atoms with Crippen molar-refractivity contribution in [2.24, 2.45) is 0 Å². The van der Waals surface area contributed by atoms with Crippen molar-refractivity contribution < 1.29 is 4.79 Å². The molecule has 1 aliphatic rings. The Morgan fingerprint density at radius 1 is 1.06 bits per heavy atom. The number of rotatable bonds is 3. The van der Waals surface area contributed by atoms with E-state index >= 15 is 0 Å². The molecule has 3 heterocycles. The third-order valence-corrected chi connectivity index (χ3v) is 5.58. The summed E-state index contributed by atoms with van der Waals surface area (Å²) in [6.07, 6.45) is 0.860. The monoisotopic (exact) mass is 435 g/mol. The first-order chi connectivity index (χ1) is 14.9. The van der Waals surface area contributed by atoms with Crippen LogP contribution >= 0.6 is 11.6 Å². The number of fused-ring (bicyclic) bond motifs is 1. The Kier molecular flexibility index (Phi) is 6.09. The fourth-order valence-electron chi connectivity index (χ4n) is 3.96. The highest BCUT2D eigenvalue weighted by Gasteiger charge is 2.26. The number of benzene rings is 1. The Morgan fingerprint density at radius 3 is 2.55 bits per heavy atom. The van der Waals surface area contributed by atoms with Gasteiger partial charge in [-0.25, -0.2) is 9.78 Å². The lowest BCUT2D eigenvalue weighted by atomic mass is 10.1. The zero-order chi connectivity index (χ0) is 22.0. The maximum Gasteiger partial charge on any atom is 0.327 e. The van der Waals surface area contributed by atoms with Gasteiger partial charge in [-0.2, -0.15) is 0 Å². The molecule has 0 atom stereocenters. The minimum absolute atomic E-state index is 0.194. The van der Waals surface area contributed by atoms with Gasteiger partial charge in [0.2, 0.25) is 0 Å². The molecule has 7 heteroatoms. The molecule has 0 radical (unpaired) electrons. The molecule has 0 unspecified atom stereocenters. The van der Waals surface area contributed by atoms with E-state index in [2.05, 4.69) is 28.2 Å². The molecule has 1 aliphatic heterocycles. The molecule has 6 nitrogen and oxygen atoms in total. The molecule has 0 saturated carbocycles. The number of hydrogen-bond donors (Lipinski definition) is 1. The fraction of sp³-hybridized carbons (Fsp3) is 0.292. The van der Waals surface area contributed by atoms with Crippen LogP contribution in [0.3, 0.4) is 0 Å². The van der Waals surface area contributed by atoms with E-state index in [0.717, 1.165) is 53.5 Å². The maximum absolute atomic E-state index is 13.3. The number of aryl methyl sites for hydroxylation is 2. The van der Waals surface area contributed by atoms with Crippen molar-refractivity contribution in [3.8, 4) is 11.3 Å². The van der Waals surface area contributed by atoms with E-state index in [1.165, 1.54) is 0 Å². The number of pyridine rings is 2. The number of halogens is 1. The largest absolute Gasteiger partial charge is 0.369 e. The number of anilines is 3. The lowest BCUT2D eigenvalue weighted by Crippen LogP contribution is -2.36. The highest BCUT2D eigenvalue weighted by molar-refractivity contribution is 6.30. The molecule has 3 aromatic rings. The molecule has 1 N–H and O–H groups in total. The quantitative estimate of drug-likeness (QED) is 0.574. The molecule has 0 aliphatic carbocycles. The lowest BCUT2D eigenvalue weighted by Gasteiger charge is -2.25. The third kappa shape index (κ3) is 4.64. The highest BCUT2D eigenvalue weighted by atomic mass is 35.5. The Bertz CT molecular complexity index is 1100. The van der Waals surface area contributed by atoms with Crippen molar-refractivity contribution >= 4 is 34.8 Å². The second kappa shape index (κ2) is 8.94. The third-order valence-electron chi connectivity index (χ3n) is 5.34. The summed E-state index contributed by atoms with van der Waals surface area (Å²) in [6.45, 7) is 8.27. The van der Waals surface area contributed by atoms with Crippen molar-refractivity contribution in [2.75, 3.05) is 34.8 Å². The van der Waals surface area contributed by atoms with Crippen molar-refractivity contribution in [3.63, 3.8) is 0 Å². The minimum Gasteiger partial charge on any atom is -0.369 e. The number of carbonyl (C=O) groups excluding carboxylic acids is 1.